The number of nitrogens with zero attached hydrogens (tertiary/aromatic N) is 4. The Labute approximate surface area is 154 Å². The van der Waals surface area contributed by atoms with E-state index in [-0.39, 0.29) is 0 Å². The van der Waals surface area contributed by atoms with E-state index in [2.05, 4.69) is 57.8 Å². The molecule has 136 valence electrons. The largest absolute Gasteiger partial charge is 0.362 e. The summed E-state index contributed by atoms with van der Waals surface area (Å²) in [5.41, 5.74) is 2.25. The smallest absolute Gasteiger partial charge is 0.191 e. The number of anilines is 1. The Morgan fingerprint density at radius 1 is 1.32 bits per heavy atom. The molecule has 0 aromatic carbocycles. The van der Waals surface area contributed by atoms with Gasteiger partial charge in [0.15, 0.2) is 5.96 Å². The Morgan fingerprint density at radius 3 is 2.76 bits per heavy atom. The number of hydrogen-bond donors (Lipinski definition) is 2. The Hall–Kier alpha value is -2.15. The summed E-state index contributed by atoms with van der Waals surface area (Å²) in [4.78, 5) is 15.8. The number of aromatic nitrogens is 2. The molecule has 0 aliphatic carbocycles. The minimum Gasteiger partial charge on any atom is -0.362 e. The Bertz CT molecular complexity index is 692. The van der Waals surface area contributed by atoms with Gasteiger partial charge in [-0.3, -0.25) is 0 Å². The third-order valence-corrected chi connectivity index (χ3v) is 4.48. The molecule has 0 aliphatic heterocycles. The minimum absolute atomic E-state index is 0.460. The molecule has 2 N–H and O–H groups in total. The van der Waals surface area contributed by atoms with Crippen molar-refractivity contribution < 1.29 is 0 Å². The van der Waals surface area contributed by atoms with Gasteiger partial charge in [-0.05, 0) is 18.9 Å². The highest BCUT2D eigenvalue weighted by molar-refractivity contribution is 7.09. The van der Waals surface area contributed by atoms with Crippen LogP contribution in [0.2, 0.25) is 0 Å². The van der Waals surface area contributed by atoms with E-state index in [1.807, 2.05) is 25.1 Å². The molecule has 0 aliphatic rings. The van der Waals surface area contributed by atoms with Crippen LogP contribution in [0.1, 0.15) is 43.0 Å². The van der Waals surface area contributed by atoms with Crippen molar-refractivity contribution in [3.63, 3.8) is 0 Å². The van der Waals surface area contributed by atoms with Crippen LogP contribution in [-0.2, 0) is 13.1 Å². The number of aliphatic imine (C=N–C) groups is 1. The SMILES string of the molecule is CCNC(=NCc1cccnc1N(C)C)NCc1nc(C(C)C)cs1. The zero-order valence-corrected chi connectivity index (χ0v) is 16.5. The van der Waals surface area contributed by atoms with E-state index >= 15 is 0 Å². The van der Waals surface area contributed by atoms with Crippen molar-refractivity contribution in [2.45, 2.75) is 39.8 Å². The lowest BCUT2D eigenvalue weighted by Gasteiger charge is -2.15. The quantitative estimate of drug-likeness (QED) is 0.587. The standard InChI is InChI=1S/C18H28N6S/c1-6-19-18(22-11-16-23-15(12-25-16)13(2)3)21-10-14-8-7-9-20-17(14)24(4)5/h7-9,12-13H,6,10-11H2,1-5H3,(H2,19,21,22). The van der Waals surface area contributed by atoms with Gasteiger partial charge in [-0.1, -0.05) is 19.9 Å². The van der Waals surface area contributed by atoms with Crippen molar-refractivity contribution in [1.29, 1.82) is 0 Å². The second-order valence-corrected chi connectivity index (χ2v) is 7.19. The van der Waals surface area contributed by atoms with E-state index in [0.717, 1.165) is 34.6 Å². The topological polar surface area (TPSA) is 65.4 Å². The molecule has 0 radical (unpaired) electrons. The fraction of sp³-hybridized carbons (Fsp3) is 0.500. The van der Waals surface area contributed by atoms with Crippen molar-refractivity contribution in [2.24, 2.45) is 4.99 Å². The normalized spacial score (nSPS) is 11.7. The van der Waals surface area contributed by atoms with E-state index in [9.17, 15) is 0 Å². The number of pyridine rings is 1. The lowest BCUT2D eigenvalue weighted by molar-refractivity contribution is 0.787. The molecule has 6 nitrogen and oxygen atoms in total. The van der Waals surface area contributed by atoms with Crippen LogP contribution in [-0.4, -0.2) is 36.6 Å². The van der Waals surface area contributed by atoms with Gasteiger partial charge in [-0.15, -0.1) is 11.3 Å². The Kier molecular flexibility index (Phi) is 7.18. The van der Waals surface area contributed by atoms with Gasteiger partial charge in [0.25, 0.3) is 0 Å². The minimum atomic E-state index is 0.460. The van der Waals surface area contributed by atoms with Gasteiger partial charge in [0.05, 0.1) is 18.8 Å². The maximum Gasteiger partial charge on any atom is 0.191 e. The van der Waals surface area contributed by atoms with Crippen molar-refractivity contribution in [1.82, 2.24) is 20.6 Å². The maximum absolute atomic E-state index is 4.69. The molecule has 0 amide bonds. The first-order valence-corrected chi connectivity index (χ1v) is 9.47. The van der Waals surface area contributed by atoms with E-state index in [4.69, 9.17) is 0 Å². The van der Waals surface area contributed by atoms with Crippen LogP contribution < -0.4 is 15.5 Å². The van der Waals surface area contributed by atoms with Gasteiger partial charge >= 0.3 is 0 Å². The highest BCUT2D eigenvalue weighted by atomic mass is 32.1. The zero-order chi connectivity index (χ0) is 18.2. The van der Waals surface area contributed by atoms with Crippen LogP contribution in [0.4, 0.5) is 5.82 Å². The molecule has 0 fully saturated rings. The average Bonchev–Trinajstić information content (AvgIpc) is 3.07. The van der Waals surface area contributed by atoms with Crippen molar-refractivity contribution in [2.75, 3.05) is 25.5 Å². The van der Waals surface area contributed by atoms with E-state index in [1.165, 1.54) is 0 Å². The molecule has 0 unspecified atom stereocenters. The summed E-state index contributed by atoms with van der Waals surface area (Å²) in [5.74, 6) is 2.20. The average molecular weight is 361 g/mol. The summed E-state index contributed by atoms with van der Waals surface area (Å²) in [6, 6.07) is 4.01. The highest BCUT2D eigenvalue weighted by Gasteiger charge is 2.08. The van der Waals surface area contributed by atoms with E-state index in [0.29, 0.717) is 19.0 Å². The summed E-state index contributed by atoms with van der Waals surface area (Å²) < 4.78 is 0. The molecular formula is C18H28N6S. The summed E-state index contributed by atoms with van der Waals surface area (Å²) in [7, 11) is 3.99. The molecule has 2 heterocycles. The summed E-state index contributed by atoms with van der Waals surface area (Å²) in [6.07, 6.45) is 1.81. The summed E-state index contributed by atoms with van der Waals surface area (Å²) >= 11 is 1.69. The number of thiazole rings is 1. The van der Waals surface area contributed by atoms with Crippen LogP contribution in [0, 0.1) is 0 Å². The molecule has 25 heavy (non-hydrogen) atoms. The number of guanidine groups is 1. The molecule has 0 saturated heterocycles. The lowest BCUT2D eigenvalue weighted by atomic mass is 10.2. The van der Waals surface area contributed by atoms with Crippen LogP contribution in [0.25, 0.3) is 0 Å². The molecule has 2 aromatic rings. The van der Waals surface area contributed by atoms with Gasteiger partial charge < -0.3 is 15.5 Å². The van der Waals surface area contributed by atoms with Crippen LogP contribution >= 0.6 is 11.3 Å². The van der Waals surface area contributed by atoms with Crippen LogP contribution in [0.5, 0.6) is 0 Å². The Balaban J connectivity index is 2.03. The lowest BCUT2D eigenvalue weighted by Crippen LogP contribution is -2.36. The zero-order valence-electron chi connectivity index (χ0n) is 15.7. The molecule has 0 bridgehead atoms. The molecule has 0 atom stereocenters. The number of hydrogen-bond acceptors (Lipinski definition) is 5. The summed E-state index contributed by atoms with van der Waals surface area (Å²) in [6.45, 7) is 8.45. The highest BCUT2D eigenvalue weighted by Crippen LogP contribution is 2.18. The third-order valence-electron chi connectivity index (χ3n) is 3.61. The molecular weight excluding hydrogens is 332 g/mol. The van der Waals surface area contributed by atoms with E-state index < -0.39 is 0 Å². The monoisotopic (exact) mass is 360 g/mol. The molecule has 0 saturated carbocycles. The van der Waals surface area contributed by atoms with E-state index in [1.54, 1.807) is 17.5 Å². The summed E-state index contributed by atoms with van der Waals surface area (Å²) in [5, 5.41) is 9.85. The van der Waals surface area contributed by atoms with Gasteiger partial charge in [-0.2, -0.15) is 0 Å². The molecule has 0 spiro atoms. The van der Waals surface area contributed by atoms with Gasteiger partial charge in [0.2, 0.25) is 0 Å². The van der Waals surface area contributed by atoms with Gasteiger partial charge in [0, 0.05) is 37.8 Å². The number of rotatable bonds is 7. The molecule has 2 rings (SSSR count). The fourth-order valence-electron chi connectivity index (χ4n) is 2.29. The first-order chi connectivity index (χ1) is 12.0. The fourth-order valence-corrected chi connectivity index (χ4v) is 3.19. The third kappa shape index (κ3) is 5.70. The first-order valence-electron chi connectivity index (χ1n) is 8.59. The van der Waals surface area contributed by atoms with Gasteiger partial charge in [-0.25, -0.2) is 15.0 Å². The predicted molar refractivity (Wildman–Crippen MR) is 106 cm³/mol. The van der Waals surface area contributed by atoms with Crippen LogP contribution in [0.3, 0.4) is 0 Å². The molecule has 2 aromatic heterocycles. The number of nitrogens with one attached hydrogen (secondary N) is 2. The second-order valence-electron chi connectivity index (χ2n) is 6.25. The second kappa shape index (κ2) is 9.36. The van der Waals surface area contributed by atoms with Crippen LogP contribution in [0.15, 0.2) is 28.7 Å². The Morgan fingerprint density at radius 2 is 2.12 bits per heavy atom. The van der Waals surface area contributed by atoms with Crippen molar-refractivity contribution >= 4 is 23.1 Å². The van der Waals surface area contributed by atoms with Crippen molar-refractivity contribution in [3.05, 3.63) is 40.0 Å². The maximum atomic E-state index is 4.69. The van der Waals surface area contributed by atoms with Gasteiger partial charge in [0.1, 0.15) is 10.8 Å². The molecule has 7 heteroatoms. The van der Waals surface area contributed by atoms with Crippen molar-refractivity contribution in [3.8, 4) is 0 Å². The predicted octanol–water partition coefficient (Wildman–Crippen LogP) is 2.98. The first kappa shape index (κ1) is 19.2.